The van der Waals surface area contributed by atoms with Crippen LogP contribution >= 0.6 is 0 Å². The lowest BCUT2D eigenvalue weighted by Gasteiger charge is -2.12. The summed E-state index contributed by atoms with van der Waals surface area (Å²) in [6, 6.07) is 8.11. The maximum Gasteiger partial charge on any atom is 0.409 e. The second-order valence-corrected chi connectivity index (χ2v) is 5.23. The van der Waals surface area contributed by atoms with Crippen molar-refractivity contribution in [3.63, 3.8) is 0 Å². The summed E-state index contributed by atoms with van der Waals surface area (Å²) in [4.78, 5) is 24.6. The molecule has 21 heavy (non-hydrogen) atoms. The van der Waals surface area contributed by atoms with Crippen LogP contribution in [-0.4, -0.2) is 43.1 Å². The fourth-order valence-electron chi connectivity index (χ4n) is 2.35. The van der Waals surface area contributed by atoms with Crippen LogP contribution in [0.25, 0.3) is 0 Å². The molecule has 114 valence electrons. The molecule has 0 saturated carbocycles. The third-order valence-corrected chi connectivity index (χ3v) is 3.65. The van der Waals surface area contributed by atoms with E-state index in [2.05, 4.69) is 24.4 Å². The van der Waals surface area contributed by atoms with Crippen LogP contribution in [0.15, 0.2) is 24.3 Å². The van der Waals surface area contributed by atoms with Gasteiger partial charge in [0, 0.05) is 19.5 Å². The topological polar surface area (TPSA) is 58.6 Å². The largest absolute Gasteiger partial charge is 0.448 e. The van der Waals surface area contributed by atoms with E-state index in [1.165, 1.54) is 11.1 Å². The van der Waals surface area contributed by atoms with Crippen molar-refractivity contribution < 1.29 is 14.3 Å². The van der Waals surface area contributed by atoms with Crippen LogP contribution in [0.4, 0.5) is 4.79 Å². The van der Waals surface area contributed by atoms with Gasteiger partial charge in [-0.2, -0.15) is 0 Å². The van der Waals surface area contributed by atoms with E-state index in [9.17, 15) is 9.59 Å². The first-order valence-corrected chi connectivity index (χ1v) is 7.40. The second-order valence-electron chi connectivity index (χ2n) is 5.23. The van der Waals surface area contributed by atoms with E-state index in [-0.39, 0.29) is 12.0 Å². The molecule has 2 rings (SSSR count). The quantitative estimate of drug-likeness (QED) is 0.780. The summed E-state index contributed by atoms with van der Waals surface area (Å²) >= 11 is 0. The summed E-state index contributed by atoms with van der Waals surface area (Å²) in [6.45, 7) is 4.41. The number of carbonyl (C=O) groups excluding carboxylic acids is 2. The van der Waals surface area contributed by atoms with Crippen LogP contribution < -0.4 is 5.32 Å². The number of nitrogens with zero attached hydrogens (tertiary/aromatic N) is 1. The summed E-state index contributed by atoms with van der Waals surface area (Å²) in [5.74, 6) is 0.0576. The second kappa shape index (κ2) is 7.67. The number of hydrogen-bond donors (Lipinski definition) is 1. The van der Waals surface area contributed by atoms with E-state index >= 15 is 0 Å². The van der Waals surface area contributed by atoms with Crippen LogP contribution in [0.5, 0.6) is 0 Å². The molecule has 1 heterocycles. The van der Waals surface area contributed by atoms with Crippen molar-refractivity contribution in [3.05, 3.63) is 35.4 Å². The van der Waals surface area contributed by atoms with Gasteiger partial charge in [0.25, 0.3) is 0 Å². The van der Waals surface area contributed by atoms with Gasteiger partial charge in [-0.15, -0.1) is 0 Å². The summed E-state index contributed by atoms with van der Waals surface area (Å²) in [6.07, 6.45) is 1.76. The molecule has 0 spiro atoms. The van der Waals surface area contributed by atoms with Gasteiger partial charge in [-0.1, -0.05) is 24.3 Å². The highest BCUT2D eigenvalue weighted by Gasteiger charge is 2.20. The number of carbonyl (C=O) groups is 2. The lowest BCUT2D eigenvalue weighted by atomic mass is 10.0. The Morgan fingerprint density at radius 3 is 2.90 bits per heavy atom. The SMILES string of the molecule is Cc1ccccc1CCC(=O)NCCCN1CCOC1=O. The molecule has 1 fully saturated rings. The zero-order valence-electron chi connectivity index (χ0n) is 12.4. The van der Waals surface area contributed by atoms with Crippen molar-refractivity contribution in [3.8, 4) is 0 Å². The van der Waals surface area contributed by atoms with Crippen molar-refractivity contribution in [1.29, 1.82) is 0 Å². The zero-order chi connectivity index (χ0) is 15.1. The van der Waals surface area contributed by atoms with Crippen molar-refractivity contribution in [2.75, 3.05) is 26.2 Å². The molecular weight excluding hydrogens is 268 g/mol. The molecule has 0 atom stereocenters. The van der Waals surface area contributed by atoms with Gasteiger partial charge < -0.3 is 15.0 Å². The van der Waals surface area contributed by atoms with Crippen LogP contribution in [0.3, 0.4) is 0 Å². The Hall–Kier alpha value is -2.04. The lowest BCUT2D eigenvalue weighted by Crippen LogP contribution is -2.30. The van der Waals surface area contributed by atoms with Crippen LogP contribution in [0, 0.1) is 6.92 Å². The molecule has 5 heteroatoms. The molecule has 0 unspecified atom stereocenters. The first kappa shape index (κ1) is 15.4. The molecule has 0 bridgehead atoms. The first-order valence-electron chi connectivity index (χ1n) is 7.40. The normalized spacial score (nSPS) is 14.1. The lowest BCUT2D eigenvalue weighted by molar-refractivity contribution is -0.121. The Kier molecular flexibility index (Phi) is 5.60. The number of rotatable bonds is 7. The molecule has 0 aromatic heterocycles. The monoisotopic (exact) mass is 290 g/mol. The third-order valence-electron chi connectivity index (χ3n) is 3.65. The van der Waals surface area contributed by atoms with E-state index in [1.807, 2.05) is 12.1 Å². The summed E-state index contributed by atoms with van der Waals surface area (Å²) < 4.78 is 4.84. The highest BCUT2D eigenvalue weighted by atomic mass is 16.6. The molecule has 1 aromatic rings. The molecule has 1 aliphatic rings. The minimum atomic E-state index is -0.249. The molecule has 1 aromatic carbocycles. The fraction of sp³-hybridized carbons (Fsp3) is 0.500. The van der Waals surface area contributed by atoms with Gasteiger partial charge in [0.05, 0.1) is 6.54 Å². The fourth-order valence-corrected chi connectivity index (χ4v) is 2.35. The highest BCUT2D eigenvalue weighted by Crippen LogP contribution is 2.09. The first-order chi connectivity index (χ1) is 10.2. The smallest absolute Gasteiger partial charge is 0.409 e. The molecule has 5 nitrogen and oxygen atoms in total. The van der Waals surface area contributed by atoms with Gasteiger partial charge in [0.15, 0.2) is 0 Å². The Morgan fingerprint density at radius 1 is 1.38 bits per heavy atom. The molecule has 1 aliphatic heterocycles. The predicted molar refractivity (Wildman–Crippen MR) is 80.0 cm³/mol. The van der Waals surface area contributed by atoms with E-state index in [1.54, 1.807) is 4.90 Å². The van der Waals surface area contributed by atoms with E-state index < -0.39 is 0 Å². The zero-order valence-corrected chi connectivity index (χ0v) is 12.4. The molecule has 2 amide bonds. The molecule has 0 radical (unpaired) electrons. The van der Waals surface area contributed by atoms with Gasteiger partial charge in [-0.05, 0) is 30.9 Å². The number of nitrogens with one attached hydrogen (secondary N) is 1. The van der Waals surface area contributed by atoms with Gasteiger partial charge >= 0.3 is 6.09 Å². The minimum Gasteiger partial charge on any atom is -0.448 e. The Balaban J connectivity index is 1.59. The van der Waals surface area contributed by atoms with Crippen molar-refractivity contribution in [1.82, 2.24) is 10.2 Å². The van der Waals surface area contributed by atoms with E-state index in [0.29, 0.717) is 32.7 Å². The van der Waals surface area contributed by atoms with Gasteiger partial charge in [0.2, 0.25) is 5.91 Å². The minimum absolute atomic E-state index is 0.0576. The summed E-state index contributed by atoms with van der Waals surface area (Å²) in [7, 11) is 0. The number of cyclic esters (lactones) is 1. The third kappa shape index (κ3) is 4.77. The number of hydrogen-bond acceptors (Lipinski definition) is 3. The highest BCUT2D eigenvalue weighted by molar-refractivity contribution is 5.76. The standard InChI is InChI=1S/C16H22N2O3/c1-13-5-2-3-6-14(13)7-8-15(19)17-9-4-10-18-11-12-21-16(18)20/h2-3,5-6H,4,7-12H2,1H3,(H,17,19). The predicted octanol–water partition coefficient (Wildman–Crippen LogP) is 1.89. The Labute approximate surface area is 125 Å². The summed E-state index contributed by atoms with van der Waals surface area (Å²) in [5.41, 5.74) is 2.44. The Morgan fingerprint density at radius 2 is 2.19 bits per heavy atom. The number of ether oxygens (including phenoxy) is 1. The van der Waals surface area contributed by atoms with Crippen LogP contribution in [0.1, 0.15) is 24.0 Å². The molecular formula is C16H22N2O3. The average molecular weight is 290 g/mol. The number of aryl methyl sites for hydroxylation is 2. The van der Waals surface area contributed by atoms with Crippen molar-refractivity contribution in [2.24, 2.45) is 0 Å². The van der Waals surface area contributed by atoms with Crippen LogP contribution in [-0.2, 0) is 16.0 Å². The Bertz CT molecular complexity index is 502. The van der Waals surface area contributed by atoms with Crippen molar-refractivity contribution >= 4 is 12.0 Å². The molecule has 1 N–H and O–H groups in total. The average Bonchev–Trinajstić information content (AvgIpc) is 2.88. The molecule has 1 saturated heterocycles. The van der Waals surface area contributed by atoms with Gasteiger partial charge in [0.1, 0.15) is 6.61 Å². The molecule has 0 aliphatic carbocycles. The maximum atomic E-state index is 11.8. The maximum absolute atomic E-state index is 11.8. The summed E-state index contributed by atoms with van der Waals surface area (Å²) in [5, 5.41) is 2.89. The van der Waals surface area contributed by atoms with E-state index in [4.69, 9.17) is 4.74 Å². The number of benzene rings is 1. The van der Waals surface area contributed by atoms with E-state index in [0.717, 1.165) is 12.8 Å². The van der Waals surface area contributed by atoms with Gasteiger partial charge in [-0.25, -0.2) is 4.79 Å². The van der Waals surface area contributed by atoms with Crippen molar-refractivity contribution in [2.45, 2.75) is 26.2 Å². The van der Waals surface area contributed by atoms with Crippen LogP contribution in [0.2, 0.25) is 0 Å². The van der Waals surface area contributed by atoms with Gasteiger partial charge in [-0.3, -0.25) is 4.79 Å². The number of amides is 2.